The molecule has 0 aliphatic carbocycles. The second kappa shape index (κ2) is 7.52. The van der Waals surface area contributed by atoms with Crippen molar-refractivity contribution in [2.75, 3.05) is 39.3 Å². The maximum atomic E-state index is 5.73. The Balaban J connectivity index is 1.62. The lowest BCUT2D eigenvalue weighted by Crippen LogP contribution is -2.44. The zero-order valence-electron chi connectivity index (χ0n) is 11.3. The van der Waals surface area contributed by atoms with Crippen molar-refractivity contribution >= 4 is 0 Å². The highest BCUT2D eigenvalue weighted by Crippen LogP contribution is 2.06. The van der Waals surface area contributed by atoms with Crippen LogP contribution in [0.4, 0.5) is 0 Å². The van der Waals surface area contributed by atoms with E-state index in [1.54, 1.807) is 0 Å². The van der Waals surface area contributed by atoms with Gasteiger partial charge in [-0.05, 0) is 17.5 Å². The van der Waals surface area contributed by atoms with E-state index in [1.165, 1.54) is 11.1 Å². The van der Waals surface area contributed by atoms with Crippen molar-refractivity contribution in [3.63, 3.8) is 0 Å². The summed E-state index contributed by atoms with van der Waals surface area (Å²) in [6, 6.07) is 8.72. The first-order valence-electron chi connectivity index (χ1n) is 6.97. The van der Waals surface area contributed by atoms with E-state index in [4.69, 9.17) is 4.74 Å². The van der Waals surface area contributed by atoms with Crippen LogP contribution in [0.1, 0.15) is 18.1 Å². The maximum Gasteiger partial charge on any atom is 0.0717 e. The van der Waals surface area contributed by atoms with Crippen molar-refractivity contribution in [2.24, 2.45) is 0 Å². The van der Waals surface area contributed by atoms with Gasteiger partial charge in [0, 0.05) is 32.7 Å². The molecule has 0 bridgehead atoms. The van der Waals surface area contributed by atoms with Crippen molar-refractivity contribution in [3.8, 4) is 0 Å². The summed E-state index contributed by atoms with van der Waals surface area (Å²) in [6.45, 7) is 9.30. The molecule has 100 valence electrons. The number of hydrogen-bond donors (Lipinski definition) is 1. The van der Waals surface area contributed by atoms with Crippen LogP contribution in [0.15, 0.2) is 24.3 Å². The van der Waals surface area contributed by atoms with Gasteiger partial charge in [-0.3, -0.25) is 4.90 Å². The molecular formula is C15H24N2O. The minimum atomic E-state index is 0.732. The Labute approximate surface area is 110 Å². The SMILES string of the molecule is CCc1ccc(COCCN2CCNCC2)cc1. The topological polar surface area (TPSA) is 24.5 Å². The molecule has 2 rings (SSSR count). The smallest absolute Gasteiger partial charge is 0.0717 e. The lowest BCUT2D eigenvalue weighted by molar-refractivity contribution is 0.0886. The number of hydrogen-bond acceptors (Lipinski definition) is 3. The van der Waals surface area contributed by atoms with Gasteiger partial charge in [-0.15, -0.1) is 0 Å². The fourth-order valence-corrected chi connectivity index (χ4v) is 2.19. The molecule has 1 aromatic carbocycles. The number of piperazine rings is 1. The number of aryl methyl sites for hydroxylation is 1. The molecule has 1 aliphatic heterocycles. The summed E-state index contributed by atoms with van der Waals surface area (Å²) in [5, 5.41) is 3.36. The van der Waals surface area contributed by atoms with Gasteiger partial charge >= 0.3 is 0 Å². The molecule has 0 spiro atoms. The number of rotatable bonds is 6. The van der Waals surface area contributed by atoms with E-state index in [2.05, 4.69) is 41.4 Å². The third-order valence-corrected chi connectivity index (χ3v) is 3.46. The molecule has 1 aliphatic rings. The first-order chi connectivity index (χ1) is 8.88. The van der Waals surface area contributed by atoms with Gasteiger partial charge in [-0.2, -0.15) is 0 Å². The summed E-state index contributed by atoms with van der Waals surface area (Å²) in [4.78, 5) is 2.46. The molecule has 1 N–H and O–H groups in total. The zero-order valence-corrected chi connectivity index (χ0v) is 11.3. The van der Waals surface area contributed by atoms with Crippen LogP contribution in [0.2, 0.25) is 0 Å². The predicted octanol–water partition coefficient (Wildman–Crippen LogP) is 1.67. The second-order valence-electron chi connectivity index (χ2n) is 4.81. The average molecular weight is 248 g/mol. The van der Waals surface area contributed by atoms with E-state index < -0.39 is 0 Å². The van der Waals surface area contributed by atoms with Crippen LogP contribution in [0.25, 0.3) is 0 Å². The summed E-state index contributed by atoms with van der Waals surface area (Å²) in [5.74, 6) is 0. The molecule has 1 aromatic rings. The predicted molar refractivity (Wildman–Crippen MR) is 74.8 cm³/mol. The Morgan fingerprint density at radius 2 is 1.78 bits per heavy atom. The normalized spacial score (nSPS) is 16.9. The van der Waals surface area contributed by atoms with Crippen LogP contribution in [0.5, 0.6) is 0 Å². The van der Waals surface area contributed by atoms with E-state index >= 15 is 0 Å². The van der Waals surface area contributed by atoms with Crippen LogP contribution in [-0.4, -0.2) is 44.2 Å². The van der Waals surface area contributed by atoms with Gasteiger partial charge in [-0.1, -0.05) is 31.2 Å². The summed E-state index contributed by atoms with van der Waals surface area (Å²) in [6.07, 6.45) is 1.10. The Hall–Kier alpha value is -0.900. The Bertz CT molecular complexity index is 331. The van der Waals surface area contributed by atoms with E-state index in [1.807, 2.05) is 0 Å². The third-order valence-electron chi connectivity index (χ3n) is 3.46. The molecule has 18 heavy (non-hydrogen) atoms. The van der Waals surface area contributed by atoms with Gasteiger partial charge in [0.25, 0.3) is 0 Å². The Kier molecular flexibility index (Phi) is 5.65. The summed E-state index contributed by atoms with van der Waals surface area (Å²) < 4.78 is 5.73. The van der Waals surface area contributed by atoms with Crippen LogP contribution in [-0.2, 0) is 17.8 Å². The highest BCUT2D eigenvalue weighted by atomic mass is 16.5. The molecule has 0 amide bonds. The summed E-state index contributed by atoms with van der Waals surface area (Å²) >= 11 is 0. The highest BCUT2D eigenvalue weighted by Gasteiger charge is 2.08. The number of nitrogens with one attached hydrogen (secondary N) is 1. The van der Waals surface area contributed by atoms with Gasteiger partial charge in [0.2, 0.25) is 0 Å². The van der Waals surface area contributed by atoms with Crippen LogP contribution in [0.3, 0.4) is 0 Å². The molecule has 3 nitrogen and oxygen atoms in total. The van der Waals surface area contributed by atoms with E-state index in [0.29, 0.717) is 0 Å². The first-order valence-corrected chi connectivity index (χ1v) is 6.97. The van der Waals surface area contributed by atoms with Crippen molar-refractivity contribution in [3.05, 3.63) is 35.4 Å². The zero-order chi connectivity index (χ0) is 12.6. The average Bonchev–Trinajstić information content (AvgIpc) is 2.45. The van der Waals surface area contributed by atoms with Gasteiger partial charge in [0.1, 0.15) is 0 Å². The summed E-state index contributed by atoms with van der Waals surface area (Å²) in [7, 11) is 0. The molecular weight excluding hydrogens is 224 g/mol. The molecule has 1 saturated heterocycles. The second-order valence-corrected chi connectivity index (χ2v) is 4.81. The lowest BCUT2D eigenvalue weighted by Gasteiger charge is -2.26. The monoisotopic (exact) mass is 248 g/mol. The molecule has 0 aromatic heterocycles. The Morgan fingerprint density at radius 1 is 1.11 bits per heavy atom. The van der Waals surface area contributed by atoms with Crippen molar-refractivity contribution in [1.82, 2.24) is 10.2 Å². The van der Waals surface area contributed by atoms with Gasteiger partial charge in [0.15, 0.2) is 0 Å². The molecule has 3 heteroatoms. The third kappa shape index (κ3) is 4.41. The minimum Gasteiger partial charge on any atom is -0.375 e. The molecule has 1 heterocycles. The molecule has 0 saturated carbocycles. The molecule has 1 fully saturated rings. The minimum absolute atomic E-state index is 0.732. The van der Waals surface area contributed by atoms with Crippen LogP contribution < -0.4 is 5.32 Å². The molecule has 0 atom stereocenters. The molecule has 0 radical (unpaired) electrons. The number of nitrogens with zero attached hydrogens (tertiary/aromatic N) is 1. The number of ether oxygens (including phenoxy) is 1. The fourth-order valence-electron chi connectivity index (χ4n) is 2.19. The Morgan fingerprint density at radius 3 is 2.44 bits per heavy atom. The highest BCUT2D eigenvalue weighted by molar-refractivity contribution is 5.21. The maximum absolute atomic E-state index is 5.73. The van der Waals surface area contributed by atoms with Gasteiger partial charge in [-0.25, -0.2) is 0 Å². The molecule has 0 unspecified atom stereocenters. The van der Waals surface area contributed by atoms with Gasteiger partial charge in [0.05, 0.1) is 13.2 Å². The van der Waals surface area contributed by atoms with Crippen molar-refractivity contribution < 1.29 is 4.74 Å². The van der Waals surface area contributed by atoms with Crippen molar-refractivity contribution in [2.45, 2.75) is 20.0 Å². The first kappa shape index (κ1) is 13.5. The van der Waals surface area contributed by atoms with E-state index in [0.717, 1.165) is 52.4 Å². The fraction of sp³-hybridized carbons (Fsp3) is 0.600. The lowest BCUT2D eigenvalue weighted by atomic mass is 10.1. The number of benzene rings is 1. The van der Waals surface area contributed by atoms with Crippen LogP contribution >= 0.6 is 0 Å². The van der Waals surface area contributed by atoms with E-state index in [9.17, 15) is 0 Å². The van der Waals surface area contributed by atoms with Gasteiger partial charge < -0.3 is 10.1 Å². The quantitative estimate of drug-likeness (QED) is 0.775. The largest absolute Gasteiger partial charge is 0.375 e. The summed E-state index contributed by atoms with van der Waals surface area (Å²) in [5.41, 5.74) is 2.66. The van der Waals surface area contributed by atoms with Crippen LogP contribution in [0, 0.1) is 0 Å². The van der Waals surface area contributed by atoms with Crippen molar-refractivity contribution in [1.29, 1.82) is 0 Å². The standard InChI is InChI=1S/C15H24N2O/c1-2-14-3-5-15(6-4-14)13-18-12-11-17-9-7-16-8-10-17/h3-6,16H,2,7-13H2,1H3. The van der Waals surface area contributed by atoms with E-state index in [-0.39, 0.29) is 0 Å².